The van der Waals surface area contributed by atoms with Gasteiger partial charge in [0, 0.05) is 39.1 Å². The summed E-state index contributed by atoms with van der Waals surface area (Å²) < 4.78 is 5.20. The predicted molar refractivity (Wildman–Crippen MR) is 65.3 cm³/mol. The van der Waals surface area contributed by atoms with Crippen molar-refractivity contribution in [2.24, 2.45) is 0 Å². The Kier molecular flexibility index (Phi) is 5.96. The molecule has 0 atom stereocenters. The predicted octanol–water partition coefficient (Wildman–Crippen LogP) is 2.74. The van der Waals surface area contributed by atoms with Crippen LogP contribution in [0.2, 0.25) is 0 Å². The number of hydrogen-bond donors (Lipinski definition) is 1. The molecule has 1 heterocycles. The molecule has 0 saturated carbocycles. The van der Waals surface area contributed by atoms with E-state index >= 15 is 0 Å². The van der Waals surface area contributed by atoms with Crippen molar-refractivity contribution in [2.75, 3.05) is 7.11 Å². The number of ketones is 1. The van der Waals surface area contributed by atoms with E-state index in [2.05, 4.69) is 23.2 Å². The Balaban J connectivity index is 0.00000162. The SMILES string of the molecule is CCCCC(=O)c1ccc(OC)c2[nH][c-]nc12.[Y]. The van der Waals surface area contributed by atoms with Gasteiger partial charge in [-0.3, -0.25) is 4.79 Å². The second kappa shape index (κ2) is 7.00. The van der Waals surface area contributed by atoms with Gasteiger partial charge >= 0.3 is 0 Å². The quantitative estimate of drug-likeness (QED) is 0.681. The van der Waals surface area contributed by atoms with Gasteiger partial charge in [0.2, 0.25) is 0 Å². The van der Waals surface area contributed by atoms with Crippen molar-refractivity contribution in [3.8, 4) is 5.75 Å². The number of H-pyrrole nitrogens is 1. The molecule has 5 heteroatoms. The normalized spacial score (nSPS) is 10.1. The topological polar surface area (TPSA) is 55.0 Å². The minimum Gasteiger partial charge on any atom is -0.509 e. The number of imidazole rings is 1. The van der Waals surface area contributed by atoms with Gasteiger partial charge in [0.15, 0.2) is 5.78 Å². The second-order valence-corrected chi connectivity index (χ2v) is 3.91. The summed E-state index contributed by atoms with van der Waals surface area (Å²) in [6.45, 7) is 2.07. The average Bonchev–Trinajstić information content (AvgIpc) is 2.83. The van der Waals surface area contributed by atoms with Crippen molar-refractivity contribution in [2.45, 2.75) is 26.2 Å². The summed E-state index contributed by atoms with van der Waals surface area (Å²) in [7, 11) is 1.59. The maximum absolute atomic E-state index is 12.0. The molecule has 1 aromatic heterocycles. The van der Waals surface area contributed by atoms with Gasteiger partial charge in [-0.15, -0.1) is 0 Å². The Hall–Kier alpha value is -0.736. The third-order valence-corrected chi connectivity index (χ3v) is 2.77. The van der Waals surface area contributed by atoms with Crippen LogP contribution in [0.4, 0.5) is 0 Å². The fraction of sp³-hybridized carbons (Fsp3) is 0.385. The maximum atomic E-state index is 12.0. The number of fused-ring (bicyclic) bond motifs is 1. The van der Waals surface area contributed by atoms with Crippen LogP contribution in [0.1, 0.15) is 36.5 Å². The van der Waals surface area contributed by atoms with E-state index < -0.39 is 0 Å². The number of nitrogens with one attached hydrogen (secondary N) is 1. The van der Waals surface area contributed by atoms with Crippen LogP contribution in [0.5, 0.6) is 5.75 Å². The largest absolute Gasteiger partial charge is 0.509 e. The fourth-order valence-corrected chi connectivity index (χ4v) is 1.82. The molecule has 0 unspecified atom stereocenters. The second-order valence-electron chi connectivity index (χ2n) is 3.91. The van der Waals surface area contributed by atoms with E-state index in [1.54, 1.807) is 19.2 Å². The summed E-state index contributed by atoms with van der Waals surface area (Å²) in [6.07, 6.45) is 5.13. The molecule has 0 bridgehead atoms. The molecule has 4 nitrogen and oxygen atoms in total. The Labute approximate surface area is 131 Å². The van der Waals surface area contributed by atoms with Crippen molar-refractivity contribution >= 4 is 16.8 Å². The Morgan fingerprint density at radius 3 is 2.94 bits per heavy atom. The molecule has 0 spiro atoms. The van der Waals surface area contributed by atoms with Crippen LogP contribution in [0.3, 0.4) is 0 Å². The zero-order valence-corrected chi connectivity index (χ0v) is 13.5. The molecule has 0 fully saturated rings. The van der Waals surface area contributed by atoms with Crippen LogP contribution in [-0.2, 0) is 32.7 Å². The van der Waals surface area contributed by atoms with E-state index in [0.717, 1.165) is 18.4 Å². The third kappa shape index (κ3) is 2.98. The zero-order chi connectivity index (χ0) is 12.3. The van der Waals surface area contributed by atoms with Crippen LogP contribution in [0, 0.1) is 6.33 Å². The van der Waals surface area contributed by atoms with E-state index in [0.29, 0.717) is 23.3 Å². The van der Waals surface area contributed by atoms with Crippen LogP contribution in [0.25, 0.3) is 11.0 Å². The number of benzene rings is 1. The van der Waals surface area contributed by atoms with Gasteiger partial charge in [0.05, 0.1) is 12.9 Å². The number of aromatic nitrogens is 2. The smallest absolute Gasteiger partial charge is 0.151 e. The van der Waals surface area contributed by atoms with Gasteiger partial charge < -0.3 is 14.7 Å². The minimum atomic E-state index is 0. The summed E-state index contributed by atoms with van der Waals surface area (Å²) >= 11 is 0. The minimum absolute atomic E-state index is 0. The molecule has 1 radical (unpaired) electrons. The average molecular weight is 320 g/mol. The summed E-state index contributed by atoms with van der Waals surface area (Å²) in [5, 5.41) is 0. The molecule has 18 heavy (non-hydrogen) atoms. The molecule has 2 aromatic rings. The molecule has 0 aliphatic carbocycles. The molecular weight excluding hydrogens is 305 g/mol. The van der Waals surface area contributed by atoms with Crippen LogP contribution >= 0.6 is 0 Å². The number of nitrogens with zero attached hydrogens (tertiary/aromatic N) is 1. The van der Waals surface area contributed by atoms with Gasteiger partial charge in [-0.25, -0.2) is 0 Å². The first-order valence-corrected chi connectivity index (χ1v) is 5.74. The number of Topliss-reactive ketones (excluding diaryl/α,β-unsaturated/α-hetero) is 1. The van der Waals surface area contributed by atoms with Crippen LogP contribution in [0.15, 0.2) is 12.1 Å². The number of unbranched alkanes of at least 4 members (excludes halogenated alkanes) is 1. The molecule has 93 valence electrons. The standard InChI is InChI=1S/C13H15N2O2.Y/c1-3-4-5-10(16)9-6-7-11(17-2)13-12(9)14-8-15-13;/h6-7H,3-5H2,1-2H3,(H,14,15);/q-1;. The molecule has 1 N–H and O–H groups in total. The van der Waals surface area contributed by atoms with Crippen molar-refractivity contribution in [1.82, 2.24) is 9.97 Å². The molecule has 0 aliphatic rings. The van der Waals surface area contributed by atoms with Gasteiger partial charge in [-0.05, 0) is 29.9 Å². The third-order valence-electron chi connectivity index (χ3n) is 2.77. The monoisotopic (exact) mass is 320 g/mol. The van der Waals surface area contributed by atoms with Gasteiger partial charge in [-0.1, -0.05) is 24.9 Å². The van der Waals surface area contributed by atoms with Gasteiger partial charge in [-0.2, -0.15) is 0 Å². The van der Waals surface area contributed by atoms with Crippen molar-refractivity contribution < 1.29 is 42.2 Å². The van der Waals surface area contributed by atoms with Crippen LogP contribution < -0.4 is 4.74 Å². The first-order chi connectivity index (χ1) is 8.27. The number of aromatic amines is 1. The van der Waals surface area contributed by atoms with E-state index in [9.17, 15) is 4.79 Å². The fourth-order valence-electron chi connectivity index (χ4n) is 1.82. The van der Waals surface area contributed by atoms with E-state index in [1.807, 2.05) is 0 Å². The summed E-state index contributed by atoms with van der Waals surface area (Å²) in [5.74, 6) is 0.806. The Morgan fingerprint density at radius 2 is 2.28 bits per heavy atom. The first-order valence-electron chi connectivity index (χ1n) is 5.74. The van der Waals surface area contributed by atoms with Gasteiger partial charge in [0.1, 0.15) is 0 Å². The van der Waals surface area contributed by atoms with Crippen molar-refractivity contribution in [1.29, 1.82) is 0 Å². The summed E-state index contributed by atoms with van der Waals surface area (Å²) in [4.78, 5) is 19.0. The van der Waals surface area contributed by atoms with Crippen molar-refractivity contribution in [3.05, 3.63) is 24.0 Å². The number of hydrogen-bond acceptors (Lipinski definition) is 3. The number of ether oxygens (including phenoxy) is 1. The molecule has 1 aromatic carbocycles. The Morgan fingerprint density at radius 1 is 1.50 bits per heavy atom. The van der Waals surface area contributed by atoms with Crippen molar-refractivity contribution in [3.63, 3.8) is 0 Å². The van der Waals surface area contributed by atoms with E-state index in [1.165, 1.54) is 0 Å². The van der Waals surface area contributed by atoms with Gasteiger partial charge in [0.25, 0.3) is 0 Å². The zero-order valence-electron chi connectivity index (χ0n) is 10.6. The maximum Gasteiger partial charge on any atom is 0.151 e. The molecule has 0 amide bonds. The summed E-state index contributed by atoms with van der Waals surface area (Å²) in [6, 6.07) is 3.56. The number of methoxy groups -OCH3 is 1. The number of carbonyl (C=O) groups is 1. The molecule has 2 rings (SSSR count). The number of rotatable bonds is 5. The molecule has 0 saturated heterocycles. The Bertz CT molecular complexity index is 537. The summed E-state index contributed by atoms with van der Waals surface area (Å²) in [5.41, 5.74) is 2.02. The van der Waals surface area contributed by atoms with E-state index in [-0.39, 0.29) is 38.5 Å². The molecular formula is C13H15N2O2Y-. The van der Waals surface area contributed by atoms with E-state index in [4.69, 9.17) is 4.74 Å². The first kappa shape index (κ1) is 15.3. The number of carbonyl (C=O) groups excluding carboxylic acids is 1. The van der Waals surface area contributed by atoms with Crippen LogP contribution in [-0.4, -0.2) is 22.9 Å². The molecule has 0 aliphatic heterocycles.